The summed E-state index contributed by atoms with van der Waals surface area (Å²) in [5, 5.41) is 9.49. The Hall–Kier alpha value is -2.83. The number of aromatic nitrogens is 2. The van der Waals surface area contributed by atoms with E-state index in [1.165, 1.54) is 37.5 Å². The molecule has 2 aromatic heterocycles. The Bertz CT molecular complexity index is 1440. The van der Waals surface area contributed by atoms with Crippen LogP contribution in [0.4, 0.5) is 15.9 Å². The van der Waals surface area contributed by atoms with E-state index in [2.05, 4.69) is 14.9 Å². The molecular formula is C29H36Cl2FN7O2S. The number of rotatable bonds is 8. The van der Waals surface area contributed by atoms with Gasteiger partial charge in [-0.1, -0.05) is 23.2 Å². The quantitative estimate of drug-likeness (QED) is 0.240. The highest BCUT2D eigenvalue weighted by Gasteiger charge is 2.42. The van der Waals surface area contributed by atoms with Gasteiger partial charge in [-0.3, -0.25) is 14.6 Å². The minimum absolute atomic E-state index is 0.0318. The first-order valence-electron chi connectivity index (χ1n) is 13.5. The zero-order valence-electron chi connectivity index (χ0n) is 23.9. The van der Waals surface area contributed by atoms with Crippen LogP contribution in [-0.2, 0) is 10.8 Å². The molecule has 2 aliphatic heterocycles. The number of nitrogens with one attached hydrogen (secondary N) is 1. The molecule has 0 radical (unpaired) electrons. The molecule has 0 amide bonds. The predicted molar refractivity (Wildman–Crippen MR) is 169 cm³/mol. The van der Waals surface area contributed by atoms with E-state index < -0.39 is 22.7 Å². The molecule has 0 bridgehead atoms. The van der Waals surface area contributed by atoms with Gasteiger partial charge in [-0.05, 0) is 57.1 Å². The lowest BCUT2D eigenvalue weighted by Crippen LogP contribution is -2.71. The van der Waals surface area contributed by atoms with Gasteiger partial charge in [0.25, 0.3) is 0 Å². The predicted octanol–water partition coefficient (Wildman–Crippen LogP) is 4.67. The lowest BCUT2D eigenvalue weighted by molar-refractivity contribution is 0.209. The third kappa shape index (κ3) is 7.76. The number of benzene rings is 1. The number of hydrogen-bond donors (Lipinski definition) is 3. The van der Waals surface area contributed by atoms with Crippen LogP contribution >= 0.6 is 23.2 Å². The van der Waals surface area contributed by atoms with Crippen LogP contribution in [0.3, 0.4) is 0 Å². The van der Waals surface area contributed by atoms with Gasteiger partial charge in [-0.2, -0.15) is 0 Å². The Balaban J connectivity index is 0.000000952. The van der Waals surface area contributed by atoms with Crippen molar-refractivity contribution >= 4 is 51.2 Å². The zero-order valence-corrected chi connectivity index (χ0v) is 26.2. The van der Waals surface area contributed by atoms with Gasteiger partial charge >= 0.3 is 0 Å². The largest absolute Gasteiger partial charge is 0.486 e. The molecule has 3 aromatic rings. The molecule has 2 fully saturated rings. The summed E-state index contributed by atoms with van der Waals surface area (Å²) in [7, 11) is -0.611. The number of likely N-dealkylation sites (tertiary alicyclic amines) is 1. The van der Waals surface area contributed by atoms with Crippen molar-refractivity contribution < 1.29 is 13.3 Å². The average molecular weight is 637 g/mol. The highest BCUT2D eigenvalue weighted by Crippen LogP contribution is 2.34. The van der Waals surface area contributed by atoms with E-state index in [4.69, 9.17) is 44.8 Å². The van der Waals surface area contributed by atoms with Crippen molar-refractivity contribution in [2.45, 2.75) is 31.4 Å². The maximum Gasteiger partial charge on any atom is 0.166 e. The van der Waals surface area contributed by atoms with Crippen LogP contribution in [0.1, 0.15) is 42.6 Å². The van der Waals surface area contributed by atoms with Crippen molar-refractivity contribution in [3.8, 4) is 5.75 Å². The Kier molecular flexibility index (Phi) is 10.4. The average Bonchev–Trinajstić information content (AvgIpc) is 3.40. The van der Waals surface area contributed by atoms with E-state index in [0.717, 1.165) is 19.6 Å². The maximum absolute atomic E-state index is 15.1. The van der Waals surface area contributed by atoms with Crippen LogP contribution in [0.2, 0.25) is 10.0 Å². The fourth-order valence-corrected chi connectivity index (χ4v) is 5.88. The van der Waals surface area contributed by atoms with Gasteiger partial charge in [0.1, 0.15) is 11.9 Å². The molecule has 0 aliphatic carbocycles. The zero-order chi connectivity index (χ0) is 30.6. The summed E-state index contributed by atoms with van der Waals surface area (Å²) < 4.78 is 30.7. The van der Waals surface area contributed by atoms with Gasteiger partial charge in [-0.15, -0.1) is 0 Å². The van der Waals surface area contributed by atoms with Gasteiger partial charge in [0.2, 0.25) is 0 Å². The molecular weight excluding hydrogens is 600 g/mol. The topological polar surface area (TPSA) is 134 Å². The molecule has 0 spiro atoms. The van der Waals surface area contributed by atoms with Gasteiger partial charge in [-0.25, -0.2) is 9.37 Å². The molecule has 1 aromatic carbocycles. The van der Waals surface area contributed by atoms with E-state index in [1.807, 2.05) is 11.8 Å². The number of ether oxygens (including phenoxy) is 1. The lowest BCUT2D eigenvalue weighted by Gasteiger charge is -2.49. The summed E-state index contributed by atoms with van der Waals surface area (Å²) in [5.74, 6) is 0.199. The van der Waals surface area contributed by atoms with Crippen molar-refractivity contribution in [1.29, 1.82) is 5.41 Å². The molecule has 42 heavy (non-hydrogen) atoms. The minimum atomic E-state index is -0.611. The molecule has 5 rings (SSSR count). The summed E-state index contributed by atoms with van der Waals surface area (Å²) in [6, 6.07) is 6.28. The van der Waals surface area contributed by atoms with Crippen LogP contribution in [0.5, 0.6) is 5.75 Å². The monoisotopic (exact) mass is 635 g/mol. The number of nitrogens with two attached hydrogens (primary N) is 2. The molecule has 9 nitrogen and oxygen atoms in total. The van der Waals surface area contributed by atoms with Crippen molar-refractivity contribution in [2.75, 3.05) is 55.9 Å². The Labute approximate surface area is 258 Å². The van der Waals surface area contributed by atoms with Crippen molar-refractivity contribution in [3.63, 3.8) is 0 Å². The summed E-state index contributed by atoms with van der Waals surface area (Å²) in [4.78, 5) is 12.5. The second-order valence-electron chi connectivity index (χ2n) is 10.9. The van der Waals surface area contributed by atoms with E-state index in [0.29, 0.717) is 51.3 Å². The van der Waals surface area contributed by atoms with Gasteiger partial charge in [0, 0.05) is 83.9 Å². The van der Waals surface area contributed by atoms with Crippen LogP contribution in [0, 0.1) is 11.2 Å². The van der Waals surface area contributed by atoms with Gasteiger partial charge < -0.3 is 26.0 Å². The summed E-state index contributed by atoms with van der Waals surface area (Å²) in [6.07, 6.45) is 9.69. The van der Waals surface area contributed by atoms with E-state index in [9.17, 15) is 4.21 Å². The summed E-state index contributed by atoms with van der Waals surface area (Å²) >= 11 is 12.5. The molecule has 0 saturated carbocycles. The smallest absolute Gasteiger partial charge is 0.166 e. The van der Waals surface area contributed by atoms with E-state index in [-0.39, 0.29) is 17.1 Å². The first-order valence-corrected chi connectivity index (χ1v) is 16.2. The maximum atomic E-state index is 15.1. The normalized spacial score (nSPS) is 16.9. The standard InChI is InChI=1S/C27H30Cl2FN7O.C2H6OS/c1-16(24-20(28)11-34-12-21(24)29)38-18-4-5-23(31)19(9-18)25(32)17-8-22(30)26(35-10-17)37-14-27(33,15-37)13-36-6-2-3-7-36;1-4(2)3/h4-5,8-12,16,32H,2-3,6-7,13-15,31,33H2,1H3;1-2H3/t16-;/m1./s1. The van der Waals surface area contributed by atoms with Crippen molar-refractivity contribution in [2.24, 2.45) is 5.73 Å². The van der Waals surface area contributed by atoms with Crippen LogP contribution in [0.25, 0.3) is 0 Å². The minimum Gasteiger partial charge on any atom is -0.486 e. The Morgan fingerprint density at radius 1 is 1.17 bits per heavy atom. The van der Waals surface area contributed by atoms with E-state index in [1.54, 1.807) is 30.7 Å². The number of halogens is 3. The molecule has 0 unspecified atom stereocenters. The molecule has 226 valence electrons. The fraction of sp³-hybridized carbons (Fsp3) is 0.414. The fourth-order valence-electron chi connectivity index (χ4n) is 5.20. The Morgan fingerprint density at radius 3 is 2.38 bits per heavy atom. The first kappa shape index (κ1) is 32.1. The van der Waals surface area contributed by atoms with Gasteiger partial charge in [0.05, 0.1) is 21.3 Å². The SMILES string of the molecule is CS(C)=O.C[C@@H](Oc1ccc(N)c(C(=N)c2cnc(N3CC(N)(CN4CCCC4)C3)c(F)c2)c1)c1c(Cl)cncc1Cl. The molecule has 13 heteroatoms. The number of anilines is 2. The highest BCUT2D eigenvalue weighted by atomic mass is 35.5. The summed E-state index contributed by atoms with van der Waals surface area (Å²) in [6.45, 7) is 5.84. The molecule has 1 atom stereocenters. The van der Waals surface area contributed by atoms with Crippen molar-refractivity contribution in [3.05, 3.63) is 75.4 Å². The first-order chi connectivity index (χ1) is 19.9. The van der Waals surface area contributed by atoms with Gasteiger partial charge in [0.15, 0.2) is 11.6 Å². The second kappa shape index (κ2) is 13.6. The van der Waals surface area contributed by atoms with E-state index >= 15 is 4.39 Å². The second-order valence-corrected chi connectivity index (χ2v) is 13.2. The van der Waals surface area contributed by atoms with Crippen LogP contribution in [0.15, 0.2) is 42.9 Å². The number of nitrogen functional groups attached to an aromatic ring is 1. The Morgan fingerprint density at radius 2 is 1.79 bits per heavy atom. The molecule has 4 heterocycles. The number of nitrogens with zero attached hydrogens (tertiary/aromatic N) is 4. The summed E-state index contributed by atoms with van der Waals surface area (Å²) in [5.41, 5.74) is 14.0. The molecule has 2 saturated heterocycles. The van der Waals surface area contributed by atoms with Crippen LogP contribution < -0.4 is 21.1 Å². The third-order valence-electron chi connectivity index (χ3n) is 7.06. The number of pyridine rings is 2. The van der Waals surface area contributed by atoms with Crippen molar-refractivity contribution in [1.82, 2.24) is 14.9 Å². The molecule has 5 N–H and O–H groups in total. The molecule has 2 aliphatic rings. The highest BCUT2D eigenvalue weighted by molar-refractivity contribution is 7.83. The van der Waals surface area contributed by atoms with Crippen LogP contribution in [-0.4, -0.2) is 75.6 Å². The third-order valence-corrected chi connectivity index (χ3v) is 7.66. The number of hydrogen-bond acceptors (Lipinski definition) is 9. The lowest BCUT2D eigenvalue weighted by atomic mass is 9.90.